The summed E-state index contributed by atoms with van der Waals surface area (Å²) in [5.41, 5.74) is -1.42. The summed E-state index contributed by atoms with van der Waals surface area (Å²) in [7, 11) is 0. The van der Waals surface area contributed by atoms with Crippen LogP contribution in [0.4, 0.5) is 9.59 Å². The fraction of sp³-hybridized carbons (Fsp3) is 0.727. The van der Waals surface area contributed by atoms with Crippen LogP contribution in [0.5, 0.6) is 0 Å². The Morgan fingerprint density at radius 2 is 1.24 bits per heavy atom. The second kappa shape index (κ2) is 14.4. The number of hydrogen-bond donors (Lipinski definition) is 3. The Morgan fingerprint density at radius 1 is 0.818 bits per heavy atom. The Balaban J connectivity index is 0. The Hall–Kier alpha value is -2.82. The van der Waals surface area contributed by atoms with Crippen LogP contribution in [0.3, 0.4) is 0 Å². The van der Waals surface area contributed by atoms with Crippen molar-refractivity contribution in [3.63, 3.8) is 0 Å². The standard InChI is InChI=1S/C11H21NO5.C11H19NO4/c1-7(2)16-9(14)8(6-13)12-10(15)17-11(3,4)5;1-7(2)15-9(13)8(3)12-10(14)16-11(4,5)6/h7-8,13H,6H2,1-5H3,(H,12,15);7H,3H2,1-2,4-6H3,(H,12,14). The first kappa shape index (κ1) is 32.4. The quantitative estimate of drug-likeness (QED) is 0.286. The van der Waals surface area contributed by atoms with Gasteiger partial charge in [-0.05, 0) is 69.2 Å². The van der Waals surface area contributed by atoms with Crippen LogP contribution in [0.2, 0.25) is 0 Å². The molecule has 3 N–H and O–H groups in total. The molecular weight excluding hydrogens is 436 g/mol. The maximum atomic E-state index is 11.4. The lowest BCUT2D eigenvalue weighted by molar-refractivity contribution is -0.151. The lowest BCUT2D eigenvalue weighted by Crippen LogP contribution is -2.46. The van der Waals surface area contributed by atoms with Gasteiger partial charge in [0.2, 0.25) is 0 Å². The first-order valence-electron chi connectivity index (χ1n) is 10.5. The minimum absolute atomic E-state index is 0.136. The van der Waals surface area contributed by atoms with E-state index in [-0.39, 0.29) is 17.9 Å². The van der Waals surface area contributed by atoms with E-state index in [1.807, 2.05) is 0 Å². The molecule has 11 heteroatoms. The molecule has 0 heterocycles. The molecule has 0 aromatic heterocycles. The molecule has 2 amide bonds. The van der Waals surface area contributed by atoms with Crippen LogP contribution in [-0.4, -0.2) is 65.3 Å². The van der Waals surface area contributed by atoms with Gasteiger partial charge in [-0.2, -0.15) is 0 Å². The van der Waals surface area contributed by atoms with Crippen molar-refractivity contribution in [1.82, 2.24) is 10.6 Å². The third-order valence-corrected chi connectivity index (χ3v) is 2.75. The predicted molar refractivity (Wildman–Crippen MR) is 121 cm³/mol. The molecule has 0 fully saturated rings. The molecule has 0 radical (unpaired) electrons. The number of nitrogens with one attached hydrogen (secondary N) is 2. The van der Waals surface area contributed by atoms with E-state index in [0.717, 1.165) is 0 Å². The van der Waals surface area contributed by atoms with Gasteiger partial charge in [-0.3, -0.25) is 5.32 Å². The molecular formula is C22H40N2O9. The number of hydrogen-bond acceptors (Lipinski definition) is 9. The number of amides is 2. The second-order valence-electron chi connectivity index (χ2n) is 9.43. The molecule has 0 aliphatic carbocycles. The summed E-state index contributed by atoms with van der Waals surface area (Å²) in [4.78, 5) is 45.3. The highest BCUT2D eigenvalue weighted by atomic mass is 16.6. The molecule has 33 heavy (non-hydrogen) atoms. The molecule has 0 aromatic carbocycles. The summed E-state index contributed by atoms with van der Waals surface area (Å²) in [6, 6.07) is -1.10. The van der Waals surface area contributed by atoms with Crippen molar-refractivity contribution in [2.24, 2.45) is 0 Å². The highest BCUT2D eigenvalue weighted by molar-refractivity contribution is 5.91. The fourth-order valence-corrected chi connectivity index (χ4v) is 1.71. The van der Waals surface area contributed by atoms with Gasteiger partial charge in [0.1, 0.15) is 16.9 Å². The molecule has 0 spiro atoms. The van der Waals surface area contributed by atoms with E-state index in [1.54, 1.807) is 69.2 Å². The highest BCUT2D eigenvalue weighted by Crippen LogP contribution is 2.08. The van der Waals surface area contributed by atoms with Crippen molar-refractivity contribution in [1.29, 1.82) is 0 Å². The lowest BCUT2D eigenvalue weighted by atomic mass is 10.2. The molecule has 0 rings (SSSR count). The van der Waals surface area contributed by atoms with Crippen LogP contribution in [-0.2, 0) is 28.5 Å². The van der Waals surface area contributed by atoms with Gasteiger partial charge in [0.15, 0.2) is 6.04 Å². The van der Waals surface area contributed by atoms with E-state index in [1.165, 1.54) is 0 Å². The van der Waals surface area contributed by atoms with Gasteiger partial charge in [-0.25, -0.2) is 19.2 Å². The number of aliphatic hydroxyl groups is 1. The van der Waals surface area contributed by atoms with Gasteiger partial charge in [-0.1, -0.05) is 6.58 Å². The average molecular weight is 477 g/mol. The molecule has 1 atom stereocenters. The maximum absolute atomic E-state index is 11.4. The van der Waals surface area contributed by atoms with Crippen molar-refractivity contribution < 1.29 is 43.2 Å². The van der Waals surface area contributed by atoms with Crippen molar-refractivity contribution in [3.05, 3.63) is 12.3 Å². The van der Waals surface area contributed by atoms with E-state index in [4.69, 9.17) is 24.1 Å². The fourth-order valence-electron chi connectivity index (χ4n) is 1.71. The minimum Gasteiger partial charge on any atom is -0.461 e. The third-order valence-electron chi connectivity index (χ3n) is 2.75. The first-order valence-corrected chi connectivity index (χ1v) is 10.5. The Kier molecular flexibility index (Phi) is 14.1. The molecule has 0 saturated heterocycles. The van der Waals surface area contributed by atoms with E-state index >= 15 is 0 Å². The minimum atomic E-state index is -1.10. The Bertz CT molecular complexity index is 674. The first-order chi connectivity index (χ1) is 14.8. The van der Waals surface area contributed by atoms with Crippen molar-refractivity contribution in [2.75, 3.05) is 6.61 Å². The SMILES string of the molecule is C=C(NC(=O)OC(C)(C)C)C(=O)OC(C)C.CC(C)OC(=O)C(CO)NC(=O)OC(C)(C)C. The molecule has 0 saturated carbocycles. The van der Waals surface area contributed by atoms with Crippen LogP contribution in [0, 0.1) is 0 Å². The summed E-state index contributed by atoms with van der Waals surface area (Å²) in [6.07, 6.45) is -2.06. The summed E-state index contributed by atoms with van der Waals surface area (Å²) >= 11 is 0. The number of carbonyl (C=O) groups is 4. The topological polar surface area (TPSA) is 149 Å². The number of esters is 2. The van der Waals surface area contributed by atoms with Crippen molar-refractivity contribution in [3.8, 4) is 0 Å². The highest BCUT2D eigenvalue weighted by Gasteiger charge is 2.25. The summed E-state index contributed by atoms with van der Waals surface area (Å²) < 4.78 is 19.6. The predicted octanol–water partition coefficient (Wildman–Crippen LogP) is 2.80. The van der Waals surface area contributed by atoms with Gasteiger partial charge in [0, 0.05) is 0 Å². The lowest BCUT2D eigenvalue weighted by Gasteiger charge is -2.22. The molecule has 11 nitrogen and oxygen atoms in total. The van der Waals surface area contributed by atoms with E-state index in [0.29, 0.717) is 0 Å². The normalized spacial score (nSPS) is 12.0. The van der Waals surface area contributed by atoms with Crippen LogP contribution in [0.25, 0.3) is 0 Å². The van der Waals surface area contributed by atoms with Gasteiger partial charge in [0.25, 0.3) is 0 Å². The van der Waals surface area contributed by atoms with Gasteiger partial charge in [-0.15, -0.1) is 0 Å². The number of aliphatic hydroxyl groups excluding tert-OH is 1. The number of ether oxygens (including phenoxy) is 4. The van der Waals surface area contributed by atoms with Gasteiger partial charge in [0.05, 0.1) is 18.8 Å². The summed E-state index contributed by atoms with van der Waals surface area (Å²) in [5, 5.41) is 13.4. The van der Waals surface area contributed by atoms with E-state index < -0.39 is 48.0 Å². The molecule has 0 aromatic rings. The Morgan fingerprint density at radius 3 is 1.61 bits per heavy atom. The van der Waals surface area contributed by atoms with Crippen LogP contribution in [0.1, 0.15) is 69.2 Å². The number of alkyl carbamates (subject to hydrolysis) is 2. The molecule has 0 aliphatic rings. The molecule has 192 valence electrons. The number of carbonyl (C=O) groups excluding carboxylic acids is 4. The molecule has 0 bridgehead atoms. The van der Waals surface area contributed by atoms with Crippen molar-refractivity contribution in [2.45, 2.75) is 98.7 Å². The number of rotatable bonds is 7. The molecule has 1 unspecified atom stereocenters. The summed E-state index contributed by atoms with van der Waals surface area (Å²) in [6.45, 7) is 19.9. The van der Waals surface area contributed by atoms with E-state index in [2.05, 4.69) is 17.2 Å². The second-order valence-corrected chi connectivity index (χ2v) is 9.43. The largest absolute Gasteiger partial charge is 0.461 e. The van der Waals surface area contributed by atoms with Crippen LogP contribution >= 0.6 is 0 Å². The van der Waals surface area contributed by atoms with Crippen LogP contribution in [0.15, 0.2) is 12.3 Å². The smallest absolute Gasteiger partial charge is 0.412 e. The van der Waals surface area contributed by atoms with E-state index in [9.17, 15) is 19.2 Å². The van der Waals surface area contributed by atoms with Gasteiger partial charge >= 0.3 is 24.1 Å². The van der Waals surface area contributed by atoms with Crippen molar-refractivity contribution >= 4 is 24.1 Å². The Labute approximate surface area is 196 Å². The van der Waals surface area contributed by atoms with Gasteiger partial charge < -0.3 is 29.4 Å². The zero-order valence-corrected chi connectivity index (χ0v) is 21.4. The zero-order valence-electron chi connectivity index (χ0n) is 21.4. The molecule has 0 aliphatic heterocycles. The third kappa shape index (κ3) is 19.6. The monoisotopic (exact) mass is 476 g/mol. The zero-order chi connectivity index (χ0) is 26.6. The average Bonchev–Trinajstić information content (AvgIpc) is 2.55. The summed E-state index contributed by atoms with van der Waals surface area (Å²) in [5.74, 6) is -1.35. The van der Waals surface area contributed by atoms with Crippen LogP contribution < -0.4 is 10.6 Å². The maximum Gasteiger partial charge on any atom is 0.412 e.